The molecule has 0 saturated carbocycles. The van der Waals surface area contributed by atoms with Crippen LogP contribution in [0.1, 0.15) is 37.0 Å². The molecule has 160 valence electrons. The van der Waals surface area contributed by atoms with Crippen LogP contribution in [0.15, 0.2) is 17.1 Å². The lowest BCUT2D eigenvalue weighted by atomic mass is 9.84. The summed E-state index contributed by atoms with van der Waals surface area (Å²) in [4.78, 5) is 13.2. The quantitative estimate of drug-likeness (QED) is 0.349. The molecule has 3 rings (SSSR count). The third-order valence-electron chi connectivity index (χ3n) is 6.12. The van der Waals surface area contributed by atoms with Gasteiger partial charge in [-0.2, -0.15) is 0 Å². The van der Waals surface area contributed by atoms with Gasteiger partial charge in [-0.3, -0.25) is 9.89 Å². The van der Waals surface area contributed by atoms with Crippen molar-refractivity contribution in [3.8, 4) is 0 Å². The Kier molecular flexibility index (Phi) is 9.80. The van der Waals surface area contributed by atoms with Crippen molar-refractivity contribution >= 4 is 52.9 Å². The van der Waals surface area contributed by atoms with E-state index in [9.17, 15) is 0 Å². The van der Waals surface area contributed by atoms with Gasteiger partial charge in [0.15, 0.2) is 5.96 Å². The van der Waals surface area contributed by atoms with Gasteiger partial charge in [-0.25, -0.2) is 0 Å². The minimum Gasteiger partial charge on any atom is -0.354 e. The van der Waals surface area contributed by atoms with Crippen LogP contribution in [-0.4, -0.2) is 80.1 Å². The normalized spacial score (nSPS) is 21.2. The van der Waals surface area contributed by atoms with Crippen LogP contribution in [0.25, 0.3) is 0 Å². The van der Waals surface area contributed by atoms with Crippen LogP contribution in [0.5, 0.6) is 0 Å². The maximum absolute atomic E-state index is 6.08. The summed E-state index contributed by atoms with van der Waals surface area (Å²) in [6.45, 7) is 6.65. The second kappa shape index (κ2) is 11.3. The molecule has 8 heteroatoms. The lowest BCUT2D eigenvalue weighted by Crippen LogP contribution is -2.62. The van der Waals surface area contributed by atoms with E-state index in [2.05, 4.69) is 45.2 Å². The fourth-order valence-corrected chi connectivity index (χ4v) is 5.52. The second-order valence-electron chi connectivity index (χ2n) is 8.04. The van der Waals surface area contributed by atoms with Crippen LogP contribution in [0, 0.1) is 0 Å². The predicted octanol–water partition coefficient (Wildman–Crippen LogP) is 3.98. The Hall–Kier alpha value is -0.0900. The number of rotatable bonds is 5. The van der Waals surface area contributed by atoms with Gasteiger partial charge in [0.2, 0.25) is 0 Å². The number of likely N-dealkylation sites (tertiary alicyclic amines) is 2. The molecule has 0 aromatic carbocycles. The first-order valence-corrected chi connectivity index (χ1v) is 11.3. The lowest BCUT2D eigenvalue weighted by Gasteiger charge is -2.50. The number of aliphatic imine (C=N–C) groups is 1. The molecule has 0 aliphatic carbocycles. The lowest BCUT2D eigenvalue weighted by molar-refractivity contribution is 0.0170. The van der Waals surface area contributed by atoms with Crippen LogP contribution in [0.2, 0.25) is 4.34 Å². The smallest absolute Gasteiger partial charge is 0.193 e. The van der Waals surface area contributed by atoms with Crippen LogP contribution in [0.3, 0.4) is 0 Å². The largest absolute Gasteiger partial charge is 0.354 e. The molecule has 1 N–H and O–H groups in total. The van der Waals surface area contributed by atoms with E-state index < -0.39 is 0 Å². The summed E-state index contributed by atoms with van der Waals surface area (Å²) < 4.78 is 0.844. The Morgan fingerprint density at radius 3 is 2.46 bits per heavy atom. The highest BCUT2D eigenvalue weighted by atomic mass is 127. The summed E-state index contributed by atoms with van der Waals surface area (Å²) in [7, 11) is 6.22. The highest BCUT2D eigenvalue weighted by Crippen LogP contribution is 2.31. The van der Waals surface area contributed by atoms with Gasteiger partial charge in [0.1, 0.15) is 0 Å². The predicted molar refractivity (Wildman–Crippen MR) is 132 cm³/mol. The molecule has 0 spiro atoms. The summed E-state index contributed by atoms with van der Waals surface area (Å²) in [5.74, 6) is 0.967. The van der Waals surface area contributed by atoms with Gasteiger partial charge in [-0.15, -0.1) is 35.3 Å². The van der Waals surface area contributed by atoms with Crippen molar-refractivity contribution in [3.05, 3.63) is 21.3 Å². The van der Waals surface area contributed by atoms with Gasteiger partial charge in [-0.1, -0.05) is 18.0 Å². The number of halogens is 2. The molecule has 1 aromatic heterocycles. The number of hydrogen-bond donors (Lipinski definition) is 1. The summed E-state index contributed by atoms with van der Waals surface area (Å²) >= 11 is 7.72. The molecule has 0 bridgehead atoms. The van der Waals surface area contributed by atoms with E-state index in [1.807, 2.05) is 13.1 Å². The monoisotopic (exact) mass is 539 g/mol. The fourth-order valence-electron chi connectivity index (χ4n) is 4.38. The van der Waals surface area contributed by atoms with Crippen molar-refractivity contribution in [1.29, 1.82) is 0 Å². The van der Waals surface area contributed by atoms with Gasteiger partial charge in [0.25, 0.3) is 0 Å². The van der Waals surface area contributed by atoms with Crippen molar-refractivity contribution < 1.29 is 0 Å². The fraction of sp³-hybridized carbons (Fsp3) is 0.750. The van der Waals surface area contributed by atoms with E-state index >= 15 is 0 Å². The summed E-state index contributed by atoms with van der Waals surface area (Å²) in [6.07, 6.45) is 6.53. The molecular weight excluding hydrogens is 505 g/mol. The maximum atomic E-state index is 6.08. The molecular formula is C20H35ClIN5S. The Bertz CT molecular complexity index is 624. The Balaban J connectivity index is 0.00000280. The molecule has 28 heavy (non-hydrogen) atoms. The highest BCUT2D eigenvalue weighted by molar-refractivity contribution is 14.0. The van der Waals surface area contributed by atoms with E-state index in [1.54, 1.807) is 11.3 Å². The molecule has 3 heterocycles. The molecule has 2 aliphatic rings. The molecule has 2 fully saturated rings. The number of nitrogens with zero attached hydrogens (tertiary/aromatic N) is 4. The summed E-state index contributed by atoms with van der Waals surface area (Å²) in [5.41, 5.74) is 0.260. The zero-order valence-electron chi connectivity index (χ0n) is 17.4. The second-order valence-corrected chi connectivity index (χ2v) is 9.84. The first kappa shape index (κ1) is 24.2. The standard InChI is InChI=1S/C20H34ClN5S.HI/c1-22-19(25(3)15-17-7-8-18(21)27-17)23-16-20(9-13-24(2)14-10-20)26-11-5-4-6-12-26;/h7-8H,4-6,9-16H2,1-3H3,(H,22,23);1H. The highest BCUT2D eigenvalue weighted by Gasteiger charge is 2.39. The zero-order valence-corrected chi connectivity index (χ0v) is 21.3. The first-order valence-electron chi connectivity index (χ1n) is 10.1. The minimum absolute atomic E-state index is 0. The van der Waals surface area contributed by atoms with Gasteiger partial charge in [0.05, 0.1) is 10.9 Å². The minimum atomic E-state index is 0. The van der Waals surface area contributed by atoms with E-state index in [4.69, 9.17) is 11.6 Å². The SMILES string of the molecule is CN=C(NCC1(N2CCCCC2)CCN(C)CC1)N(C)Cc1ccc(Cl)s1.I. The number of hydrogen-bond acceptors (Lipinski definition) is 4. The summed E-state index contributed by atoms with van der Waals surface area (Å²) in [5, 5.41) is 3.71. The van der Waals surface area contributed by atoms with Crippen LogP contribution in [0.4, 0.5) is 0 Å². The molecule has 1 aromatic rings. The maximum Gasteiger partial charge on any atom is 0.193 e. The van der Waals surface area contributed by atoms with E-state index in [-0.39, 0.29) is 29.5 Å². The van der Waals surface area contributed by atoms with Crippen LogP contribution >= 0.6 is 46.9 Å². The zero-order chi connectivity index (χ0) is 19.3. The van der Waals surface area contributed by atoms with Gasteiger partial charge < -0.3 is 15.1 Å². The number of thiophene rings is 1. The Morgan fingerprint density at radius 1 is 1.21 bits per heavy atom. The summed E-state index contributed by atoms with van der Waals surface area (Å²) in [6, 6.07) is 4.07. The molecule has 0 radical (unpaired) electrons. The van der Waals surface area contributed by atoms with E-state index in [0.717, 1.165) is 23.4 Å². The van der Waals surface area contributed by atoms with Crippen LogP contribution in [-0.2, 0) is 6.54 Å². The topological polar surface area (TPSA) is 34.1 Å². The third-order valence-corrected chi connectivity index (χ3v) is 7.33. The van der Waals surface area contributed by atoms with Gasteiger partial charge >= 0.3 is 0 Å². The number of piperidine rings is 2. The van der Waals surface area contributed by atoms with Gasteiger partial charge in [-0.05, 0) is 71.0 Å². The number of nitrogens with one attached hydrogen (secondary N) is 1. The van der Waals surface area contributed by atoms with Crippen molar-refractivity contribution in [2.45, 2.75) is 44.2 Å². The molecule has 5 nitrogen and oxygen atoms in total. The average Bonchev–Trinajstić information content (AvgIpc) is 3.09. The van der Waals surface area contributed by atoms with Crippen molar-refractivity contribution in [2.75, 3.05) is 53.9 Å². The molecule has 0 amide bonds. The van der Waals surface area contributed by atoms with Crippen LogP contribution < -0.4 is 5.32 Å². The van der Waals surface area contributed by atoms with Crippen molar-refractivity contribution in [2.24, 2.45) is 4.99 Å². The third kappa shape index (κ3) is 6.20. The molecule has 0 atom stereocenters. The average molecular weight is 540 g/mol. The number of guanidine groups is 1. The molecule has 0 unspecified atom stereocenters. The Morgan fingerprint density at radius 2 is 1.89 bits per heavy atom. The van der Waals surface area contributed by atoms with E-state index in [1.165, 1.54) is 63.2 Å². The Labute approximate surface area is 196 Å². The van der Waals surface area contributed by atoms with Gasteiger partial charge in [0, 0.05) is 31.1 Å². The van der Waals surface area contributed by atoms with Crippen molar-refractivity contribution in [3.63, 3.8) is 0 Å². The molecule has 2 saturated heterocycles. The van der Waals surface area contributed by atoms with Crippen molar-refractivity contribution in [1.82, 2.24) is 20.0 Å². The van der Waals surface area contributed by atoms with E-state index in [0.29, 0.717) is 0 Å². The molecule has 2 aliphatic heterocycles. The first-order chi connectivity index (χ1) is 13.0.